The number of morpholine rings is 1. The molecule has 3 amide bonds. The number of hydrogen-bond acceptors (Lipinski definition) is 7. The quantitative estimate of drug-likeness (QED) is 0.217. The number of likely N-dealkylation sites (tertiary alicyclic amines) is 1. The molecule has 2 fully saturated rings. The summed E-state index contributed by atoms with van der Waals surface area (Å²) >= 11 is 5.14. The number of carbonyl (C=O) groups is 3. The maximum absolute atomic E-state index is 12.7. The van der Waals surface area contributed by atoms with E-state index in [2.05, 4.69) is 16.2 Å². The molecule has 0 radical (unpaired) electrons. The van der Waals surface area contributed by atoms with E-state index < -0.39 is 34.3 Å². The molecular weight excluding hydrogens is 482 g/mol. The van der Waals surface area contributed by atoms with E-state index in [9.17, 15) is 22.8 Å². The van der Waals surface area contributed by atoms with Gasteiger partial charge in [0.2, 0.25) is 21.8 Å². The highest BCUT2D eigenvalue weighted by atomic mass is 32.2. The number of carbonyl (C=O) groups excluding carboxylic acids is 3. The summed E-state index contributed by atoms with van der Waals surface area (Å²) in [5.41, 5.74) is 5.38. The Labute approximate surface area is 202 Å². The van der Waals surface area contributed by atoms with Gasteiger partial charge in [-0.05, 0) is 49.3 Å². The number of thiocarbonyl (C=S) groups is 1. The molecule has 2 aliphatic heterocycles. The lowest BCUT2D eigenvalue weighted by Crippen LogP contribution is -2.49. The second-order valence-corrected chi connectivity index (χ2v) is 10.4. The molecule has 0 spiro atoms. The van der Waals surface area contributed by atoms with Crippen molar-refractivity contribution >= 4 is 50.8 Å². The number of hydrazine groups is 1. The van der Waals surface area contributed by atoms with Crippen LogP contribution in [-0.2, 0) is 29.1 Å². The number of sulfonamides is 1. The summed E-state index contributed by atoms with van der Waals surface area (Å²) in [6, 6.07) is 6.04. The number of ether oxygens (including phenoxy) is 1. The van der Waals surface area contributed by atoms with E-state index >= 15 is 0 Å². The molecule has 3 N–H and O–H groups in total. The van der Waals surface area contributed by atoms with Crippen LogP contribution in [0.15, 0.2) is 41.3 Å². The van der Waals surface area contributed by atoms with Crippen molar-refractivity contribution in [3.05, 3.63) is 36.4 Å². The molecule has 1 aromatic rings. The fourth-order valence-electron chi connectivity index (χ4n) is 4.14. The highest BCUT2D eigenvalue weighted by Crippen LogP contribution is 2.34. The fourth-order valence-corrected chi connectivity index (χ4v) is 5.72. The number of hydrogen-bond donors (Lipinski definition) is 3. The van der Waals surface area contributed by atoms with Crippen LogP contribution in [0.2, 0.25) is 0 Å². The van der Waals surface area contributed by atoms with Gasteiger partial charge in [-0.3, -0.25) is 30.1 Å². The first-order chi connectivity index (χ1) is 16.3. The van der Waals surface area contributed by atoms with Crippen LogP contribution in [0, 0.1) is 11.8 Å². The zero-order chi connectivity index (χ0) is 24.3. The Hall–Kier alpha value is -2.87. The van der Waals surface area contributed by atoms with Crippen molar-refractivity contribution in [1.82, 2.24) is 20.1 Å². The molecule has 2 saturated heterocycles. The number of imide groups is 1. The van der Waals surface area contributed by atoms with E-state index in [1.54, 1.807) is 12.1 Å². The zero-order valence-electron chi connectivity index (χ0n) is 18.2. The number of anilines is 1. The van der Waals surface area contributed by atoms with E-state index in [1.165, 1.54) is 16.4 Å². The molecule has 2 heterocycles. The molecule has 3 aliphatic rings. The summed E-state index contributed by atoms with van der Waals surface area (Å²) in [5.74, 6) is -2.04. The van der Waals surface area contributed by atoms with Crippen molar-refractivity contribution in [2.45, 2.75) is 17.7 Å². The Morgan fingerprint density at radius 1 is 1.00 bits per heavy atom. The number of nitrogens with zero attached hydrogens (tertiary/aromatic N) is 2. The molecular formula is C21H25N5O6S2. The van der Waals surface area contributed by atoms with Crippen molar-refractivity contribution in [2.24, 2.45) is 11.8 Å². The van der Waals surface area contributed by atoms with Crippen molar-refractivity contribution < 1.29 is 27.5 Å². The van der Waals surface area contributed by atoms with Gasteiger partial charge in [-0.25, -0.2) is 8.42 Å². The predicted octanol–water partition coefficient (Wildman–Crippen LogP) is -0.0237. The van der Waals surface area contributed by atoms with Crippen LogP contribution >= 0.6 is 12.2 Å². The van der Waals surface area contributed by atoms with Crippen LogP contribution in [0.5, 0.6) is 0 Å². The van der Waals surface area contributed by atoms with Crippen molar-refractivity contribution in [3.8, 4) is 0 Å². The molecule has 1 aromatic carbocycles. The molecule has 1 aliphatic carbocycles. The van der Waals surface area contributed by atoms with E-state index in [0.29, 0.717) is 44.8 Å². The minimum atomic E-state index is -3.60. The normalized spacial score (nSPS) is 22.9. The summed E-state index contributed by atoms with van der Waals surface area (Å²) in [7, 11) is -3.60. The number of amides is 3. The monoisotopic (exact) mass is 507 g/mol. The molecule has 0 bridgehead atoms. The predicted molar refractivity (Wildman–Crippen MR) is 126 cm³/mol. The number of benzene rings is 1. The van der Waals surface area contributed by atoms with E-state index in [4.69, 9.17) is 17.0 Å². The summed E-state index contributed by atoms with van der Waals surface area (Å²) in [5, 5.41) is 2.88. The van der Waals surface area contributed by atoms with Crippen LogP contribution < -0.4 is 16.2 Å². The van der Waals surface area contributed by atoms with Gasteiger partial charge in [0.05, 0.1) is 29.9 Å². The van der Waals surface area contributed by atoms with Gasteiger partial charge in [0.25, 0.3) is 5.91 Å². The number of rotatable bonds is 5. The Morgan fingerprint density at radius 2 is 1.59 bits per heavy atom. The molecule has 2 atom stereocenters. The van der Waals surface area contributed by atoms with Crippen molar-refractivity contribution in [3.63, 3.8) is 0 Å². The molecule has 2 unspecified atom stereocenters. The van der Waals surface area contributed by atoms with Crippen molar-refractivity contribution in [1.29, 1.82) is 0 Å². The number of fused-ring (bicyclic) bond motifs is 1. The van der Waals surface area contributed by atoms with Gasteiger partial charge in [-0.15, -0.1) is 0 Å². The van der Waals surface area contributed by atoms with E-state index in [0.717, 1.165) is 4.90 Å². The van der Waals surface area contributed by atoms with Crippen LogP contribution in [0.25, 0.3) is 0 Å². The highest BCUT2D eigenvalue weighted by Gasteiger charge is 2.47. The summed E-state index contributed by atoms with van der Waals surface area (Å²) in [4.78, 5) is 38.3. The Kier molecular flexibility index (Phi) is 7.26. The SMILES string of the molecule is O=C(CN1C(=O)C2CC=CCC2C1=O)NNC(=S)Nc1ccc(S(=O)(=O)N2CCOCC2)cc1. The smallest absolute Gasteiger partial charge is 0.258 e. The average Bonchev–Trinajstić information content (AvgIpc) is 3.08. The van der Waals surface area contributed by atoms with Crippen molar-refractivity contribution in [2.75, 3.05) is 38.2 Å². The third-order valence-corrected chi connectivity index (χ3v) is 8.05. The molecule has 0 aromatic heterocycles. The molecule has 13 heteroatoms. The standard InChI is InChI=1S/C21H25N5O6S2/c27-18(13-26-19(28)16-3-1-2-4-17(16)20(26)29)23-24-21(33)22-14-5-7-15(8-6-14)34(30,31)25-9-11-32-12-10-25/h1-2,5-8,16-17H,3-4,9-13H2,(H,23,27)(H2,22,24,33). The molecule has 182 valence electrons. The summed E-state index contributed by atoms with van der Waals surface area (Å²) in [6.07, 6.45) is 4.77. The second kappa shape index (κ2) is 10.2. The fraction of sp³-hybridized carbons (Fsp3) is 0.429. The van der Waals surface area contributed by atoms with Crippen LogP contribution in [0.3, 0.4) is 0 Å². The third-order valence-electron chi connectivity index (χ3n) is 5.94. The molecule has 11 nitrogen and oxygen atoms in total. The van der Waals surface area contributed by atoms with E-state index in [1.807, 2.05) is 12.2 Å². The van der Waals surface area contributed by atoms with Gasteiger partial charge >= 0.3 is 0 Å². The number of allylic oxidation sites excluding steroid dienone is 2. The number of nitrogens with one attached hydrogen (secondary N) is 3. The minimum absolute atomic E-state index is 0.0501. The lowest BCUT2D eigenvalue weighted by Gasteiger charge is -2.26. The Balaban J connectivity index is 1.26. The largest absolute Gasteiger partial charge is 0.379 e. The van der Waals surface area contributed by atoms with Gasteiger partial charge in [0.15, 0.2) is 5.11 Å². The molecule has 4 rings (SSSR count). The van der Waals surface area contributed by atoms with Gasteiger partial charge in [0, 0.05) is 18.8 Å². The molecule has 34 heavy (non-hydrogen) atoms. The zero-order valence-corrected chi connectivity index (χ0v) is 19.9. The highest BCUT2D eigenvalue weighted by molar-refractivity contribution is 7.89. The maximum atomic E-state index is 12.7. The van der Waals surface area contributed by atoms with Crippen LogP contribution in [0.1, 0.15) is 12.8 Å². The summed E-state index contributed by atoms with van der Waals surface area (Å²) < 4.78 is 31.9. The first-order valence-electron chi connectivity index (χ1n) is 10.8. The Morgan fingerprint density at radius 3 is 2.18 bits per heavy atom. The second-order valence-electron chi connectivity index (χ2n) is 8.09. The first kappa shape index (κ1) is 24.3. The van der Waals surface area contributed by atoms with Gasteiger partial charge in [-0.1, -0.05) is 12.2 Å². The lowest BCUT2D eigenvalue weighted by molar-refractivity contribution is -0.143. The summed E-state index contributed by atoms with van der Waals surface area (Å²) in [6.45, 7) is 0.950. The van der Waals surface area contributed by atoms with Gasteiger partial charge in [-0.2, -0.15) is 4.31 Å². The minimum Gasteiger partial charge on any atom is -0.379 e. The van der Waals surface area contributed by atoms with Gasteiger partial charge < -0.3 is 10.1 Å². The molecule has 0 saturated carbocycles. The van der Waals surface area contributed by atoms with Crippen LogP contribution in [0.4, 0.5) is 5.69 Å². The Bertz CT molecular complexity index is 1090. The maximum Gasteiger partial charge on any atom is 0.258 e. The average molecular weight is 508 g/mol. The van der Waals surface area contributed by atoms with Gasteiger partial charge in [0.1, 0.15) is 6.54 Å². The third kappa shape index (κ3) is 5.12. The topological polar surface area (TPSA) is 137 Å². The first-order valence-corrected chi connectivity index (χ1v) is 12.7. The van der Waals surface area contributed by atoms with E-state index in [-0.39, 0.29) is 21.8 Å². The van der Waals surface area contributed by atoms with Crippen LogP contribution in [-0.4, -0.2) is 73.3 Å². The lowest BCUT2D eigenvalue weighted by atomic mass is 9.85.